The molecule has 0 aromatic heterocycles. The fourth-order valence-electron chi connectivity index (χ4n) is 2.53. The third-order valence-electron chi connectivity index (χ3n) is 4.05. The molecule has 0 atom stereocenters. The minimum Gasteiger partial charge on any atom is -0.483 e. The van der Waals surface area contributed by atoms with Gasteiger partial charge in [-0.25, -0.2) is 0 Å². The highest BCUT2D eigenvalue weighted by molar-refractivity contribution is 5.77. The van der Waals surface area contributed by atoms with Gasteiger partial charge < -0.3 is 14.5 Å². The van der Waals surface area contributed by atoms with Crippen LogP contribution >= 0.6 is 0 Å². The van der Waals surface area contributed by atoms with Crippen LogP contribution in [0.3, 0.4) is 0 Å². The van der Waals surface area contributed by atoms with Crippen molar-refractivity contribution in [1.29, 1.82) is 0 Å². The van der Waals surface area contributed by atoms with Crippen LogP contribution in [0.4, 0.5) is 5.69 Å². The van der Waals surface area contributed by atoms with Gasteiger partial charge in [0.25, 0.3) is 5.91 Å². The van der Waals surface area contributed by atoms with Crippen molar-refractivity contribution in [3.05, 3.63) is 59.2 Å². The monoisotopic (exact) mass is 326 g/mol. The van der Waals surface area contributed by atoms with E-state index < -0.39 is 0 Å². The molecular weight excluding hydrogens is 300 g/mol. The quantitative estimate of drug-likeness (QED) is 0.815. The maximum Gasteiger partial charge on any atom is 0.260 e. The Bertz CT molecular complexity index is 673. The molecule has 4 nitrogen and oxygen atoms in total. The van der Waals surface area contributed by atoms with E-state index in [9.17, 15) is 4.79 Å². The van der Waals surface area contributed by atoms with Crippen molar-refractivity contribution >= 4 is 11.6 Å². The summed E-state index contributed by atoms with van der Waals surface area (Å²) in [4.78, 5) is 16.1. The zero-order valence-corrected chi connectivity index (χ0v) is 15.2. The number of nitrogens with zero attached hydrogens (tertiary/aromatic N) is 2. The molecule has 0 spiro atoms. The molecule has 2 aromatic rings. The lowest BCUT2D eigenvalue weighted by Gasteiger charge is -2.19. The average Bonchev–Trinajstić information content (AvgIpc) is 2.54. The Kier molecular flexibility index (Phi) is 5.85. The number of hydrogen-bond acceptors (Lipinski definition) is 3. The van der Waals surface area contributed by atoms with Gasteiger partial charge in [0, 0.05) is 33.4 Å². The molecule has 0 radical (unpaired) electrons. The molecule has 0 aliphatic heterocycles. The fraction of sp³-hybridized carbons (Fsp3) is 0.350. The van der Waals surface area contributed by atoms with E-state index in [4.69, 9.17) is 4.74 Å². The molecule has 24 heavy (non-hydrogen) atoms. The number of anilines is 1. The highest BCUT2D eigenvalue weighted by Gasteiger charge is 2.12. The predicted molar refractivity (Wildman–Crippen MR) is 98.7 cm³/mol. The minimum atomic E-state index is -0.0330. The molecule has 0 bridgehead atoms. The topological polar surface area (TPSA) is 32.8 Å². The lowest BCUT2D eigenvalue weighted by molar-refractivity contribution is -0.132. The largest absolute Gasteiger partial charge is 0.483 e. The van der Waals surface area contributed by atoms with Crippen LogP contribution in [0, 0.1) is 13.8 Å². The van der Waals surface area contributed by atoms with E-state index in [0.717, 1.165) is 28.1 Å². The summed E-state index contributed by atoms with van der Waals surface area (Å²) in [6, 6.07) is 14.2. The summed E-state index contributed by atoms with van der Waals surface area (Å²) < 4.78 is 5.74. The normalized spacial score (nSPS) is 10.4. The van der Waals surface area contributed by atoms with Crippen molar-refractivity contribution in [3.63, 3.8) is 0 Å². The summed E-state index contributed by atoms with van der Waals surface area (Å²) in [6.45, 7) is 4.60. The second kappa shape index (κ2) is 7.86. The van der Waals surface area contributed by atoms with Gasteiger partial charge in [-0.3, -0.25) is 4.79 Å². The molecule has 0 fully saturated rings. The summed E-state index contributed by atoms with van der Waals surface area (Å²) in [6.07, 6.45) is 0. The van der Waals surface area contributed by atoms with E-state index in [-0.39, 0.29) is 12.5 Å². The van der Waals surface area contributed by atoms with E-state index in [2.05, 4.69) is 17.0 Å². The van der Waals surface area contributed by atoms with E-state index in [1.165, 1.54) is 0 Å². The lowest BCUT2D eigenvalue weighted by Crippen LogP contribution is -2.31. The first kappa shape index (κ1) is 17.9. The Morgan fingerprint density at radius 3 is 2.08 bits per heavy atom. The Hall–Kier alpha value is -2.49. The van der Waals surface area contributed by atoms with Crippen molar-refractivity contribution < 1.29 is 9.53 Å². The van der Waals surface area contributed by atoms with Crippen LogP contribution in [0.5, 0.6) is 5.75 Å². The minimum absolute atomic E-state index is 0.0330. The molecule has 0 aliphatic rings. The van der Waals surface area contributed by atoms with Crippen LogP contribution < -0.4 is 9.64 Å². The highest BCUT2D eigenvalue weighted by atomic mass is 16.5. The summed E-state index contributed by atoms with van der Waals surface area (Å²) in [5.74, 6) is 0.768. The number of benzene rings is 2. The molecule has 0 unspecified atom stereocenters. The van der Waals surface area contributed by atoms with Gasteiger partial charge in [-0.15, -0.1) is 0 Å². The molecule has 0 saturated heterocycles. The predicted octanol–water partition coefficient (Wildman–Crippen LogP) is 3.41. The standard InChI is InChI=1S/C20H26N2O2/c1-15-7-6-8-16(2)20(15)24-14-19(23)22(5)13-17-9-11-18(12-10-17)21(3)4/h6-12H,13-14H2,1-5H3. The number of para-hydroxylation sites is 1. The Morgan fingerprint density at radius 1 is 0.958 bits per heavy atom. The summed E-state index contributed by atoms with van der Waals surface area (Å²) in [5.41, 5.74) is 4.34. The molecule has 128 valence electrons. The van der Waals surface area contributed by atoms with Crippen LogP contribution in [-0.2, 0) is 11.3 Å². The van der Waals surface area contributed by atoms with Gasteiger partial charge in [0.1, 0.15) is 5.75 Å². The number of carbonyl (C=O) groups is 1. The molecular formula is C20H26N2O2. The average molecular weight is 326 g/mol. The van der Waals surface area contributed by atoms with Crippen molar-refractivity contribution in [2.24, 2.45) is 0 Å². The summed E-state index contributed by atoms with van der Waals surface area (Å²) in [7, 11) is 5.82. The van der Waals surface area contributed by atoms with Gasteiger partial charge in [0.2, 0.25) is 0 Å². The molecule has 1 amide bonds. The van der Waals surface area contributed by atoms with E-state index in [1.54, 1.807) is 11.9 Å². The first-order valence-corrected chi connectivity index (χ1v) is 8.07. The van der Waals surface area contributed by atoms with Crippen LogP contribution in [-0.4, -0.2) is 38.6 Å². The van der Waals surface area contributed by atoms with Gasteiger partial charge in [-0.05, 0) is 42.7 Å². The highest BCUT2D eigenvalue weighted by Crippen LogP contribution is 2.22. The van der Waals surface area contributed by atoms with Crippen LogP contribution in [0.2, 0.25) is 0 Å². The van der Waals surface area contributed by atoms with Crippen LogP contribution in [0.25, 0.3) is 0 Å². The van der Waals surface area contributed by atoms with E-state index in [1.807, 2.05) is 58.3 Å². The molecule has 2 aromatic carbocycles. The van der Waals surface area contributed by atoms with Crippen molar-refractivity contribution in [1.82, 2.24) is 4.90 Å². The molecule has 0 N–H and O–H groups in total. The number of likely N-dealkylation sites (N-methyl/N-ethyl adjacent to an activating group) is 1. The van der Waals surface area contributed by atoms with Crippen LogP contribution in [0.1, 0.15) is 16.7 Å². The number of hydrogen-bond donors (Lipinski definition) is 0. The zero-order chi connectivity index (χ0) is 17.7. The van der Waals surface area contributed by atoms with Gasteiger partial charge in [-0.1, -0.05) is 30.3 Å². The Balaban J connectivity index is 1.92. The maximum atomic E-state index is 12.3. The van der Waals surface area contributed by atoms with Crippen LogP contribution in [0.15, 0.2) is 42.5 Å². The Morgan fingerprint density at radius 2 is 1.54 bits per heavy atom. The zero-order valence-electron chi connectivity index (χ0n) is 15.2. The van der Waals surface area contributed by atoms with Gasteiger partial charge in [0.05, 0.1) is 0 Å². The molecule has 0 aliphatic carbocycles. The van der Waals surface area contributed by atoms with E-state index >= 15 is 0 Å². The SMILES string of the molecule is Cc1cccc(C)c1OCC(=O)N(C)Cc1ccc(N(C)C)cc1. The number of carbonyl (C=O) groups excluding carboxylic acids is 1. The Labute approximate surface area is 144 Å². The van der Waals surface area contributed by atoms with Gasteiger partial charge in [0.15, 0.2) is 6.61 Å². The third kappa shape index (κ3) is 4.51. The van der Waals surface area contributed by atoms with Crippen molar-refractivity contribution in [2.45, 2.75) is 20.4 Å². The fourth-order valence-corrected chi connectivity index (χ4v) is 2.53. The molecule has 2 rings (SSSR count). The molecule has 0 heterocycles. The maximum absolute atomic E-state index is 12.3. The summed E-state index contributed by atoms with van der Waals surface area (Å²) >= 11 is 0. The second-order valence-electron chi connectivity index (χ2n) is 6.32. The van der Waals surface area contributed by atoms with E-state index in [0.29, 0.717) is 6.54 Å². The first-order chi connectivity index (χ1) is 11.4. The second-order valence-corrected chi connectivity index (χ2v) is 6.32. The van der Waals surface area contributed by atoms with Crippen molar-refractivity contribution in [3.8, 4) is 5.75 Å². The first-order valence-electron chi connectivity index (χ1n) is 8.07. The molecule has 0 saturated carbocycles. The lowest BCUT2D eigenvalue weighted by atomic mass is 10.1. The number of amides is 1. The number of ether oxygens (including phenoxy) is 1. The van der Waals surface area contributed by atoms with Crippen molar-refractivity contribution in [2.75, 3.05) is 32.6 Å². The van der Waals surface area contributed by atoms with Gasteiger partial charge in [-0.2, -0.15) is 0 Å². The third-order valence-corrected chi connectivity index (χ3v) is 4.05. The number of rotatable bonds is 6. The van der Waals surface area contributed by atoms with Gasteiger partial charge >= 0.3 is 0 Å². The summed E-state index contributed by atoms with van der Waals surface area (Å²) in [5, 5.41) is 0. The smallest absolute Gasteiger partial charge is 0.260 e. The number of aryl methyl sites for hydroxylation is 2. The molecule has 4 heteroatoms.